The van der Waals surface area contributed by atoms with Crippen LogP contribution in [0, 0.1) is 34.5 Å². The van der Waals surface area contributed by atoms with E-state index >= 15 is 0 Å². The second-order valence-corrected chi connectivity index (χ2v) is 8.82. The fraction of sp³-hybridized carbons (Fsp3) is 0.308. The number of carbonyl (C=O) groups excluding carboxylic acids is 1. The molecule has 0 bridgehead atoms. The minimum Gasteiger partial charge on any atom is -0.298 e. The molecule has 5 heteroatoms. The number of Topliss-reactive ketones (excluding diaryl/α,β-unsaturated/α-hetero) is 1. The molecule has 31 heavy (non-hydrogen) atoms. The summed E-state index contributed by atoms with van der Waals surface area (Å²) in [7, 11) is 0. The SMILES string of the molecule is C[C@]12CC(C#N)C(=O)C[C@H]1CCc1c(-c3ccccc3)nn(-c3ccc(C#N)cc3)c12. The number of nitriles is 2. The molecule has 2 aliphatic rings. The van der Waals surface area contributed by atoms with Crippen LogP contribution in [-0.4, -0.2) is 15.6 Å². The molecule has 0 aliphatic heterocycles. The molecule has 1 saturated carbocycles. The van der Waals surface area contributed by atoms with Crippen LogP contribution in [0.4, 0.5) is 0 Å². The standard InChI is InChI=1S/C26H22N4O/c1-26-14-19(16-28)23(31)13-20(26)9-12-22-24(18-5-3-2-4-6-18)29-30(25(22)26)21-10-7-17(15-27)8-11-21/h2-8,10-11,19-20H,9,12-14H2,1H3/t19?,20-,26+/m1/s1. The van der Waals surface area contributed by atoms with Crippen LogP contribution in [0.2, 0.25) is 0 Å². The number of ketones is 1. The van der Waals surface area contributed by atoms with Crippen molar-refractivity contribution >= 4 is 5.78 Å². The number of nitrogens with zero attached hydrogens (tertiary/aromatic N) is 4. The Labute approximate surface area is 181 Å². The van der Waals surface area contributed by atoms with Crippen LogP contribution >= 0.6 is 0 Å². The summed E-state index contributed by atoms with van der Waals surface area (Å²) >= 11 is 0. The highest BCUT2D eigenvalue weighted by Gasteiger charge is 2.51. The molecule has 0 saturated heterocycles. The van der Waals surface area contributed by atoms with Crippen molar-refractivity contribution in [3.05, 3.63) is 71.4 Å². The molecule has 0 radical (unpaired) electrons. The average molecular weight is 406 g/mol. The van der Waals surface area contributed by atoms with Gasteiger partial charge in [-0.25, -0.2) is 4.68 Å². The lowest BCUT2D eigenvalue weighted by Crippen LogP contribution is -2.46. The van der Waals surface area contributed by atoms with Gasteiger partial charge in [0.15, 0.2) is 0 Å². The van der Waals surface area contributed by atoms with Crippen molar-refractivity contribution in [3.63, 3.8) is 0 Å². The van der Waals surface area contributed by atoms with Crippen molar-refractivity contribution in [1.82, 2.24) is 9.78 Å². The van der Waals surface area contributed by atoms with Gasteiger partial charge in [-0.15, -0.1) is 0 Å². The van der Waals surface area contributed by atoms with E-state index in [1.165, 1.54) is 5.56 Å². The summed E-state index contributed by atoms with van der Waals surface area (Å²) in [6.07, 6.45) is 2.76. The molecule has 1 fully saturated rings. The minimum atomic E-state index is -0.573. The Morgan fingerprint density at radius 2 is 1.84 bits per heavy atom. The van der Waals surface area contributed by atoms with E-state index in [0.717, 1.165) is 35.5 Å². The normalized spacial score (nSPS) is 24.5. The maximum absolute atomic E-state index is 12.5. The van der Waals surface area contributed by atoms with E-state index < -0.39 is 5.92 Å². The van der Waals surface area contributed by atoms with E-state index in [1.54, 1.807) is 12.1 Å². The predicted octanol–water partition coefficient (Wildman–Crippen LogP) is 4.73. The molecular weight excluding hydrogens is 384 g/mol. The lowest BCUT2D eigenvalue weighted by atomic mass is 9.57. The van der Waals surface area contributed by atoms with Gasteiger partial charge in [-0.05, 0) is 49.4 Å². The second kappa shape index (κ2) is 7.22. The molecular formula is C26H22N4O. The van der Waals surface area contributed by atoms with Crippen LogP contribution in [0.5, 0.6) is 0 Å². The molecule has 5 rings (SSSR count). The highest BCUT2D eigenvalue weighted by Crippen LogP contribution is 2.52. The molecule has 0 N–H and O–H groups in total. The van der Waals surface area contributed by atoms with E-state index in [4.69, 9.17) is 5.10 Å². The van der Waals surface area contributed by atoms with Crippen molar-refractivity contribution in [1.29, 1.82) is 10.5 Å². The lowest BCUT2D eigenvalue weighted by molar-refractivity contribution is -0.126. The predicted molar refractivity (Wildman–Crippen MR) is 116 cm³/mol. The number of rotatable bonds is 2. The molecule has 1 unspecified atom stereocenters. The van der Waals surface area contributed by atoms with E-state index in [1.807, 2.05) is 35.0 Å². The van der Waals surface area contributed by atoms with E-state index in [-0.39, 0.29) is 17.1 Å². The number of hydrogen-bond acceptors (Lipinski definition) is 4. The van der Waals surface area contributed by atoms with Gasteiger partial charge in [0.25, 0.3) is 0 Å². The smallest absolute Gasteiger partial charge is 0.150 e. The molecule has 2 aliphatic carbocycles. The summed E-state index contributed by atoms with van der Waals surface area (Å²) in [6.45, 7) is 2.20. The Kier molecular flexibility index (Phi) is 4.49. The van der Waals surface area contributed by atoms with Gasteiger partial charge in [0.2, 0.25) is 0 Å². The molecule has 0 amide bonds. The van der Waals surface area contributed by atoms with Crippen LogP contribution < -0.4 is 0 Å². The van der Waals surface area contributed by atoms with Gasteiger partial charge in [0, 0.05) is 23.0 Å². The van der Waals surface area contributed by atoms with Gasteiger partial charge < -0.3 is 0 Å². The Morgan fingerprint density at radius 3 is 2.52 bits per heavy atom. The fourth-order valence-electron chi connectivity index (χ4n) is 5.43. The summed E-state index contributed by atoms with van der Waals surface area (Å²) in [6, 6.07) is 22.0. The third kappa shape index (κ3) is 2.97. The van der Waals surface area contributed by atoms with Crippen LogP contribution in [0.25, 0.3) is 16.9 Å². The van der Waals surface area contributed by atoms with Crippen molar-refractivity contribution < 1.29 is 4.79 Å². The Hall–Kier alpha value is -3.70. The first kappa shape index (κ1) is 19.3. The maximum atomic E-state index is 12.5. The number of hydrogen-bond donors (Lipinski definition) is 0. The highest BCUT2D eigenvalue weighted by molar-refractivity contribution is 5.85. The molecule has 0 spiro atoms. The van der Waals surface area contributed by atoms with Crippen LogP contribution in [0.15, 0.2) is 54.6 Å². The first-order valence-electron chi connectivity index (χ1n) is 10.7. The number of aromatic nitrogens is 2. The van der Waals surface area contributed by atoms with Crippen LogP contribution in [0.3, 0.4) is 0 Å². The zero-order valence-electron chi connectivity index (χ0n) is 17.4. The topological polar surface area (TPSA) is 82.5 Å². The molecule has 152 valence electrons. The zero-order chi connectivity index (χ0) is 21.6. The van der Waals surface area contributed by atoms with Crippen molar-refractivity contribution in [2.75, 3.05) is 0 Å². The van der Waals surface area contributed by atoms with Crippen molar-refractivity contribution in [2.24, 2.45) is 11.8 Å². The Balaban J connectivity index is 1.74. The number of fused-ring (bicyclic) bond motifs is 3. The zero-order valence-corrected chi connectivity index (χ0v) is 17.4. The molecule has 2 aromatic carbocycles. The number of benzene rings is 2. The van der Waals surface area contributed by atoms with Gasteiger partial charge >= 0.3 is 0 Å². The molecule has 1 heterocycles. The van der Waals surface area contributed by atoms with Crippen molar-refractivity contribution in [2.45, 2.75) is 38.0 Å². The van der Waals surface area contributed by atoms with Gasteiger partial charge in [-0.2, -0.15) is 15.6 Å². The monoisotopic (exact) mass is 406 g/mol. The Bertz CT molecular complexity index is 1240. The summed E-state index contributed by atoms with van der Waals surface area (Å²) in [4.78, 5) is 12.5. The van der Waals surface area contributed by atoms with Crippen LogP contribution in [0.1, 0.15) is 43.0 Å². The lowest BCUT2D eigenvalue weighted by Gasteiger charge is -2.46. The Morgan fingerprint density at radius 1 is 1.10 bits per heavy atom. The van der Waals surface area contributed by atoms with Gasteiger partial charge in [-0.1, -0.05) is 37.3 Å². The van der Waals surface area contributed by atoms with Crippen LogP contribution in [-0.2, 0) is 16.6 Å². The van der Waals surface area contributed by atoms with E-state index in [0.29, 0.717) is 18.4 Å². The van der Waals surface area contributed by atoms with Gasteiger partial charge in [0.05, 0.1) is 34.8 Å². The van der Waals surface area contributed by atoms with Gasteiger partial charge in [0.1, 0.15) is 11.7 Å². The average Bonchev–Trinajstić information content (AvgIpc) is 3.21. The molecule has 5 nitrogen and oxygen atoms in total. The molecule has 3 atom stereocenters. The summed E-state index contributed by atoms with van der Waals surface area (Å²) in [5.41, 5.74) is 5.53. The van der Waals surface area contributed by atoms with E-state index in [2.05, 4.69) is 31.2 Å². The maximum Gasteiger partial charge on any atom is 0.150 e. The largest absolute Gasteiger partial charge is 0.298 e. The molecule has 3 aromatic rings. The third-order valence-corrected chi connectivity index (χ3v) is 7.08. The fourth-order valence-corrected chi connectivity index (χ4v) is 5.43. The quantitative estimate of drug-likeness (QED) is 0.616. The minimum absolute atomic E-state index is 0.0705. The number of carbonyl (C=O) groups is 1. The summed E-state index contributed by atoms with van der Waals surface area (Å²) < 4.78 is 2.00. The third-order valence-electron chi connectivity index (χ3n) is 7.08. The first-order chi connectivity index (χ1) is 15.0. The van der Waals surface area contributed by atoms with Crippen molar-refractivity contribution in [3.8, 4) is 29.1 Å². The summed E-state index contributed by atoms with van der Waals surface area (Å²) in [5, 5.41) is 23.9. The van der Waals surface area contributed by atoms with Gasteiger partial charge in [-0.3, -0.25) is 4.79 Å². The summed E-state index contributed by atoms with van der Waals surface area (Å²) in [5.74, 6) is -0.299. The second-order valence-electron chi connectivity index (χ2n) is 8.82. The highest BCUT2D eigenvalue weighted by atomic mass is 16.1. The first-order valence-corrected chi connectivity index (χ1v) is 10.7. The van der Waals surface area contributed by atoms with E-state index in [9.17, 15) is 15.3 Å². The molecule has 1 aromatic heterocycles.